The monoisotopic (exact) mass is 358 g/mol. The van der Waals surface area contributed by atoms with E-state index in [1.807, 2.05) is 39.8 Å². The molecule has 0 aliphatic rings. The van der Waals surface area contributed by atoms with Crippen LogP contribution in [0, 0.1) is 11.8 Å². The zero-order valence-corrected chi connectivity index (χ0v) is 15.7. The Morgan fingerprint density at radius 3 is 1.38 bits per heavy atom. The third-order valence-corrected chi connectivity index (χ3v) is 3.23. The summed E-state index contributed by atoms with van der Waals surface area (Å²) in [6, 6.07) is 14.0. The molecular formula is C21H26O5. The number of ether oxygens (including phenoxy) is 4. The Morgan fingerprint density at radius 2 is 1.04 bits per heavy atom. The van der Waals surface area contributed by atoms with Crippen LogP contribution < -0.4 is 18.9 Å². The molecule has 5 nitrogen and oxygen atoms in total. The molecule has 0 aliphatic heterocycles. The van der Waals surface area contributed by atoms with Gasteiger partial charge in [0.25, 0.3) is 0 Å². The standard InChI is InChI=1S/C21H26O5/c1-15(2)13-23-17-9-5-7-11-19(17)25-21(22)26-20-12-8-6-10-18(20)24-14-16(3)4/h5-12,15-16H,13-14H2,1-4H3. The van der Waals surface area contributed by atoms with Crippen molar-refractivity contribution in [2.45, 2.75) is 27.7 Å². The van der Waals surface area contributed by atoms with E-state index in [1.54, 1.807) is 36.4 Å². The summed E-state index contributed by atoms with van der Waals surface area (Å²) in [5, 5.41) is 0. The van der Waals surface area contributed by atoms with Gasteiger partial charge in [-0.15, -0.1) is 0 Å². The molecule has 2 aromatic rings. The van der Waals surface area contributed by atoms with E-state index in [1.165, 1.54) is 0 Å². The van der Waals surface area contributed by atoms with Crippen molar-refractivity contribution in [1.29, 1.82) is 0 Å². The van der Waals surface area contributed by atoms with Crippen molar-refractivity contribution in [1.82, 2.24) is 0 Å². The molecule has 0 spiro atoms. The van der Waals surface area contributed by atoms with Gasteiger partial charge < -0.3 is 18.9 Å². The van der Waals surface area contributed by atoms with Crippen LogP contribution in [0.1, 0.15) is 27.7 Å². The second-order valence-electron chi connectivity index (χ2n) is 6.76. The Balaban J connectivity index is 2.03. The maximum atomic E-state index is 12.2. The quantitative estimate of drug-likeness (QED) is 0.471. The molecule has 0 aromatic heterocycles. The van der Waals surface area contributed by atoms with Crippen LogP contribution in [0.2, 0.25) is 0 Å². The predicted octanol–water partition coefficient (Wildman–Crippen LogP) is 5.33. The van der Waals surface area contributed by atoms with Gasteiger partial charge in [0, 0.05) is 0 Å². The van der Waals surface area contributed by atoms with Crippen LogP contribution in [0.15, 0.2) is 48.5 Å². The SMILES string of the molecule is CC(C)COc1ccccc1OC(=O)Oc1ccccc1OCC(C)C. The lowest BCUT2D eigenvalue weighted by molar-refractivity contribution is 0.146. The molecule has 5 heteroatoms. The summed E-state index contributed by atoms with van der Waals surface area (Å²) >= 11 is 0. The van der Waals surface area contributed by atoms with E-state index in [9.17, 15) is 4.79 Å². The van der Waals surface area contributed by atoms with E-state index in [0.717, 1.165) is 0 Å². The van der Waals surface area contributed by atoms with E-state index in [0.29, 0.717) is 48.0 Å². The maximum Gasteiger partial charge on any atom is 0.519 e. The highest BCUT2D eigenvalue weighted by Crippen LogP contribution is 2.30. The lowest BCUT2D eigenvalue weighted by Crippen LogP contribution is -2.16. The third-order valence-electron chi connectivity index (χ3n) is 3.23. The molecule has 0 saturated heterocycles. The summed E-state index contributed by atoms with van der Waals surface area (Å²) in [7, 11) is 0. The predicted molar refractivity (Wildman–Crippen MR) is 100 cm³/mol. The minimum absolute atomic E-state index is 0.318. The average molecular weight is 358 g/mol. The van der Waals surface area contributed by atoms with Gasteiger partial charge >= 0.3 is 6.16 Å². The minimum atomic E-state index is -0.841. The van der Waals surface area contributed by atoms with Crippen LogP contribution >= 0.6 is 0 Å². The molecule has 0 radical (unpaired) electrons. The van der Waals surface area contributed by atoms with Gasteiger partial charge in [0.05, 0.1) is 13.2 Å². The fourth-order valence-electron chi connectivity index (χ4n) is 2.02. The van der Waals surface area contributed by atoms with Gasteiger partial charge in [-0.1, -0.05) is 52.0 Å². The molecular weight excluding hydrogens is 332 g/mol. The van der Waals surface area contributed by atoms with Crippen LogP contribution in [0.4, 0.5) is 4.79 Å². The first kappa shape index (κ1) is 19.6. The van der Waals surface area contributed by atoms with Crippen molar-refractivity contribution in [3.05, 3.63) is 48.5 Å². The van der Waals surface area contributed by atoms with Crippen LogP contribution in [0.5, 0.6) is 23.0 Å². The molecule has 0 bridgehead atoms. The van der Waals surface area contributed by atoms with Gasteiger partial charge in [-0.25, -0.2) is 4.79 Å². The number of benzene rings is 2. The molecule has 0 unspecified atom stereocenters. The van der Waals surface area contributed by atoms with Gasteiger partial charge in [-0.2, -0.15) is 0 Å². The van der Waals surface area contributed by atoms with Gasteiger partial charge in [0.2, 0.25) is 0 Å². The normalized spacial score (nSPS) is 10.7. The molecule has 140 valence electrons. The largest absolute Gasteiger partial charge is 0.519 e. The number of carbonyl (C=O) groups excluding carboxylic acids is 1. The number of hydrogen-bond donors (Lipinski definition) is 0. The average Bonchev–Trinajstić information content (AvgIpc) is 2.60. The van der Waals surface area contributed by atoms with Crippen LogP contribution in [0.3, 0.4) is 0 Å². The number of rotatable bonds is 8. The topological polar surface area (TPSA) is 54.0 Å². The van der Waals surface area contributed by atoms with Crippen molar-refractivity contribution in [2.75, 3.05) is 13.2 Å². The van der Waals surface area contributed by atoms with Crippen molar-refractivity contribution >= 4 is 6.16 Å². The second kappa shape index (κ2) is 9.70. The molecule has 26 heavy (non-hydrogen) atoms. The van der Waals surface area contributed by atoms with Gasteiger partial charge in [0.1, 0.15) is 0 Å². The molecule has 2 rings (SSSR count). The summed E-state index contributed by atoms with van der Waals surface area (Å²) in [4.78, 5) is 12.2. The Kier molecular flexibility index (Phi) is 7.33. The van der Waals surface area contributed by atoms with Crippen molar-refractivity contribution in [3.63, 3.8) is 0 Å². The van der Waals surface area contributed by atoms with Crippen molar-refractivity contribution in [2.24, 2.45) is 11.8 Å². The van der Waals surface area contributed by atoms with Crippen LogP contribution in [-0.2, 0) is 0 Å². The first-order chi connectivity index (χ1) is 12.5. The maximum absolute atomic E-state index is 12.2. The molecule has 0 fully saturated rings. The summed E-state index contributed by atoms with van der Waals surface area (Å²) < 4.78 is 22.0. The number of para-hydroxylation sites is 4. The Hall–Kier alpha value is -2.69. The van der Waals surface area contributed by atoms with E-state index < -0.39 is 6.16 Å². The molecule has 0 N–H and O–H groups in total. The molecule has 0 atom stereocenters. The van der Waals surface area contributed by atoms with Crippen LogP contribution in [0.25, 0.3) is 0 Å². The van der Waals surface area contributed by atoms with Crippen LogP contribution in [-0.4, -0.2) is 19.4 Å². The van der Waals surface area contributed by atoms with E-state index >= 15 is 0 Å². The second-order valence-corrected chi connectivity index (χ2v) is 6.76. The molecule has 2 aromatic carbocycles. The fourth-order valence-corrected chi connectivity index (χ4v) is 2.02. The summed E-state index contributed by atoms with van der Waals surface area (Å²) in [5.41, 5.74) is 0. The highest BCUT2D eigenvalue weighted by Gasteiger charge is 2.15. The zero-order chi connectivity index (χ0) is 18.9. The molecule has 0 heterocycles. The first-order valence-corrected chi connectivity index (χ1v) is 8.79. The summed E-state index contributed by atoms with van der Waals surface area (Å²) in [6.45, 7) is 9.25. The summed E-state index contributed by atoms with van der Waals surface area (Å²) in [6.07, 6.45) is -0.841. The lowest BCUT2D eigenvalue weighted by atomic mass is 10.2. The van der Waals surface area contributed by atoms with E-state index in [2.05, 4.69) is 0 Å². The zero-order valence-electron chi connectivity index (χ0n) is 15.7. The summed E-state index contributed by atoms with van der Waals surface area (Å²) in [5.74, 6) is 2.36. The molecule has 0 amide bonds. The Bertz CT molecular complexity index is 650. The number of hydrogen-bond acceptors (Lipinski definition) is 5. The lowest BCUT2D eigenvalue weighted by Gasteiger charge is -2.14. The van der Waals surface area contributed by atoms with Crippen molar-refractivity contribution < 1.29 is 23.7 Å². The molecule has 0 saturated carbocycles. The Labute approximate surface area is 154 Å². The fraction of sp³-hybridized carbons (Fsp3) is 0.381. The minimum Gasteiger partial charge on any atom is -0.489 e. The third kappa shape index (κ3) is 6.31. The van der Waals surface area contributed by atoms with Gasteiger partial charge in [-0.3, -0.25) is 0 Å². The van der Waals surface area contributed by atoms with Gasteiger partial charge in [-0.05, 0) is 36.1 Å². The number of carbonyl (C=O) groups is 1. The Morgan fingerprint density at radius 1 is 0.692 bits per heavy atom. The molecule has 0 aliphatic carbocycles. The van der Waals surface area contributed by atoms with E-state index in [4.69, 9.17) is 18.9 Å². The van der Waals surface area contributed by atoms with E-state index in [-0.39, 0.29) is 0 Å². The van der Waals surface area contributed by atoms with Crippen molar-refractivity contribution in [3.8, 4) is 23.0 Å². The highest BCUT2D eigenvalue weighted by atomic mass is 16.7. The highest BCUT2D eigenvalue weighted by molar-refractivity contribution is 5.69. The first-order valence-electron chi connectivity index (χ1n) is 8.79. The van der Waals surface area contributed by atoms with Gasteiger partial charge in [0.15, 0.2) is 23.0 Å². The smallest absolute Gasteiger partial charge is 0.489 e.